The number of ketones is 2. The fraction of sp³-hybridized carbons (Fsp3) is 0.0714. The summed E-state index contributed by atoms with van der Waals surface area (Å²) in [6, 6.07) is 6.97. The molecule has 2 aliphatic carbocycles. The Kier molecular flexibility index (Phi) is 1.79. The number of allylic oxidation sites excluding steroid dienone is 3. The highest BCUT2D eigenvalue weighted by Crippen LogP contribution is 2.31. The van der Waals surface area contributed by atoms with Crippen LogP contribution in [-0.2, 0) is 0 Å². The summed E-state index contributed by atoms with van der Waals surface area (Å²) >= 11 is 0. The molecule has 0 saturated carbocycles. The van der Waals surface area contributed by atoms with Crippen LogP contribution in [0.3, 0.4) is 0 Å². The second-order valence-corrected chi connectivity index (χ2v) is 3.84. The third-order valence-electron chi connectivity index (χ3n) is 2.94. The van der Waals surface area contributed by atoms with Crippen LogP contribution in [0.4, 0.5) is 0 Å². The summed E-state index contributed by atoms with van der Waals surface area (Å²) in [5, 5.41) is 0. The van der Waals surface area contributed by atoms with Gasteiger partial charge in [0.25, 0.3) is 0 Å². The van der Waals surface area contributed by atoms with Gasteiger partial charge in [-0.1, -0.05) is 24.3 Å². The Bertz CT molecular complexity index is 599. The lowest BCUT2D eigenvalue weighted by atomic mass is 9.77. The van der Waals surface area contributed by atoms with Crippen molar-refractivity contribution in [3.05, 3.63) is 64.9 Å². The zero-order chi connectivity index (χ0) is 11.1. The second-order valence-electron chi connectivity index (χ2n) is 3.84. The average Bonchev–Trinajstić information content (AvgIpc) is 2.36. The highest BCUT2D eigenvalue weighted by molar-refractivity contribution is 6.24. The third-order valence-corrected chi connectivity index (χ3v) is 2.94. The van der Waals surface area contributed by atoms with E-state index in [9.17, 15) is 9.59 Å². The van der Waals surface area contributed by atoms with Crippen molar-refractivity contribution >= 4 is 11.6 Å². The molecule has 3 rings (SSSR count). The molecule has 0 N–H and O–H groups in total. The smallest absolute Gasteiger partial charge is 0.190 e. The van der Waals surface area contributed by atoms with E-state index < -0.39 is 5.92 Å². The lowest BCUT2D eigenvalue weighted by Crippen LogP contribution is -2.28. The third kappa shape index (κ3) is 1.08. The second kappa shape index (κ2) is 3.16. The van der Waals surface area contributed by atoms with Gasteiger partial charge in [-0.15, -0.1) is 5.73 Å². The minimum atomic E-state index is -0.438. The molecule has 0 heterocycles. The van der Waals surface area contributed by atoms with Crippen molar-refractivity contribution in [2.45, 2.75) is 0 Å². The number of carbonyl (C=O) groups is 2. The molecule has 0 amide bonds. The summed E-state index contributed by atoms with van der Waals surface area (Å²) in [6.07, 6.45) is 5.01. The fourth-order valence-electron chi connectivity index (χ4n) is 2.14. The topological polar surface area (TPSA) is 34.1 Å². The number of benzene rings is 1. The maximum atomic E-state index is 12.1. The van der Waals surface area contributed by atoms with Gasteiger partial charge in [-0.2, -0.15) is 0 Å². The monoisotopic (exact) mass is 208 g/mol. The first kappa shape index (κ1) is 9.08. The largest absolute Gasteiger partial charge is 0.293 e. The van der Waals surface area contributed by atoms with Crippen molar-refractivity contribution in [1.82, 2.24) is 0 Å². The molecule has 0 radical (unpaired) electrons. The Morgan fingerprint density at radius 2 is 1.81 bits per heavy atom. The molecule has 76 valence electrons. The number of hydrogen-bond donors (Lipinski definition) is 0. The van der Waals surface area contributed by atoms with E-state index in [-0.39, 0.29) is 11.6 Å². The summed E-state index contributed by atoms with van der Waals surface area (Å²) in [4.78, 5) is 24.2. The molecule has 1 unspecified atom stereocenters. The van der Waals surface area contributed by atoms with E-state index in [2.05, 4.69) is 5.73 Å². The normalized spacial score (nSPS) is 21.5. The molecule has 1 atom stereocenters. The lowest BCUT2D eigenvalue weighted by Gasteiger charge is -2.23. The van der Waals surface area contributed by atoms with Crippen LogP contribution in [0.2, 0.25) is 0 Å². The molecule has 2 heteroatoms. The molecule has 0 aliphatic heterocycles. The highest BCUT2D eigenvalue weighted by atomic mass is 16.1. The van der Waals surface area contributed by atoms with Crippen LogP contribution >= 0.6 is 0 Å². The molecule has 0 bridgehead atoms. The van der Waals surface area contributed by atoms with E-state index >= 15 is 0 Å². The predicted molar refractivity (Wildman–Crippen MR) is 59.3 cm³/mol. The van der Waals surface area contributed by atoms with Crippen LogP contribution in [0, 0.1) is 5.92 Å². The minimum Gasteiger partial charge on any atom is -0.293 e. The Balaban J connectivity index is 2.28. The molecular weight excluding hydrogens is 200 g/mol. The van der Waals surface area contributed by atoms with Gasteiger partial charge in [-0.3, -0.25) is 9.59 Å². The summed E-state index contributed by atoms with van der Waals surface area (Å²) in [5.41, 5.74) is 4.46. The number of Topliss-reactive ketones (excluding diaryl/α,β-unsaturated/α-hetero) is 2. The van der Waals surface area contributed by atoms with Gasteiger partial charge in [-0.05, 0) is 18.2 Å². The quantitative estimate of drug-likeness (QED) is 0.613. The fourth-order valence-corrected chi connectivity index (χ4v) is 2.14. The number of fused-ring (bicyclic) bond motifs is 2. The molecule has 2 nitrogen and oxygen atoms in total. The van der Waals surface area contributed by atoms with E-state index in [0.29, 0.717) is 16.7 Å². The first-order valence-corrected chi connectivity index (χ1v) is 5.10. The molecular formula is C14H8O2. The SMILES string of the molecule is O=C1C2=CC=C=CC2C(=O)c2ccccc21. The number of hydrogen-bond acceptors (Lipinski definition) is 2. The molecule has 1 aromatic rings. The zero-order valence-electron chi connectivity index (χ0n) is 8.44. The van der Waals surface area contributed by atoms with E-state index in [1.165, 1.54) is 0 Å². The van der Waals surface area contributed by atoms with Crippen molar-refractivity contribution in [1.29, 1.82) is 0 Å². The Hall–Kier alpha value is -2.18. The molecule has 0 spiro atoms. The van der Waals surface area contributed by atoms with Gasteiger partial charge >= 0.3 is 0 Å². The van der Waals surface area contributed by atoms with Gasteiger partial charge in [0.1, 0.15) is 0 Å². The van der Waals surface area contributed by atoms with Crippen molar-refractivity contribution < 1.29 is 9.59 Å². The van der Waals surface area contributed by atoms with Crippen molar-refractivity contribution in [3.8, 4) is 0 Å². The van der Waals surface area contributed by atoms with Gasteiger partial charge in [-0.25, -0.2) is 0 Å². The Morgan fingerprint density at radius 1 is 1.06 bits per heavy atom. The van der Waals surface area contributed by atoms with Crippen LogP contribution < -0.4 is 0 Å². The van der Waals surface area contributed by atoms with E-state index in [4.69, 9.17) is 0 Å². The summed E-state index contributed by atoms with van der Waals surface area (Å²) in [5.74, 6) is -0.497. The van der Waals surface area contributed by atoms with Crippen molar-refractivity contribution in [2.75, 3.05) is 0 Å². The van der Waals surface area contributed by atoms with Crippen LogP contribution in [-0.4, -0.2) is 11.6 Å². The van der Waals surface area contributed by atoms with Crippen molar-refractivity contribution in [3.63, 3.8) is 0 Å². The van der Waals surface area contributed by atoms with Gasteiger partial charge in [0.15, 0.2) is 11.6 Å². The van der Waals surface area contributed by atoms with E-state index in [1.807, 2.05) is 0 Å². The van der Waals surface area contributed by atoms with Gasteiger partial charge in [0, 0.05) is 16.7 Å². The summed E-state index contributed by atoms with van der Waals surface area (Å²) in [6.45, 7) is 0. The van der Waals surface area contributed by atoms with Gasteiger partial charge in [0.05, 0.1) is 5.92 Å². The van der Waals surface area contributed by atoms with Gasteiger partial charge < -0.3 is 0 Å². The standard InChI is InChI=1S/C14H8O2/c15-13-9-5-1-2-6-10(9)14(16)12-8-4-3-7-11(12)13/h1-3,5-8,12H. The number of rotatable bonds is 0. The molecule has 16 heavy (non-hydrogen) atoms. The highest BCUT2D eigenvalue weighted by Gasteiger charge is 2.35. The van der Waals surface area contributed by atoms with Gasteiger partial charge in [0.2, 0.25) is 0 Å². The zero-order valence-corrected chi connectivity index (χ0v) is 8.44. The van der Waals surface area contributed by atoms with Crippen LogP contribution in [0.1, 0.15) is 20.7 Å². The lowest BCUT2D eigenvalue weighted by molar-refractivity contribution is 0.0903. The Morgan fingerprint density at radius 3 is 2.62 bits per heavy atom. The average molecular weight is 208 g/mol. The molecule has 2 aliphatic rings. The molecule has 0 aromatic heterocycles. The minimum absolute atomic E-state index is 0.0120. The van der Waals surface area contributed by atoms with E-state index in [0.717, 1.165) is 0 Å². The Labute approximate surface area is 92.6 Å². The predicted octanol–water partition coefficient (Wildman–Crippen LogP) is 2.33. The maximum Gasteiger partial charge on any atom is 0.190 e. The molecule has 0 saturated heterocycles. The first-order chi connectivity index (χ1) is 7.79. The molecule has 0 fully saturated rings. The van der Waals surface area contributed by atoms with Crippen LogP contribution in [0.5, 0.6) is 0 Å². The number of carbonyl (C=O) groups excluding carboxylic acids is 2. The van der Waals surface area contributed by atoms with Crippen LogP contribution in [0.15, 0.2) is 53.8 Å². The van der Waals surface area contributed by atoms with Crippen LogP contribution in [0.25, 0.3) is 0 Å². The molecule has 1 aromatic carbocycles. The van der Waals surface area contributed by atoms with Crippen molar-refractivity contribution in [2.24, 2.45) is 5.92 Å². The van der Waals surface area contributed by atoms with E-state index in [1.54, 1.807) is 42.5 Å². The maximum absolute atomic E-state index is 12.1. The summed E-state index contributed by atoms with van der Waals surface area (Å²) in [7, 11) is 0. The first-order valence-electron chi connectivity index (χ1n) is 5.10. The summed E-state index contributed by atoms with van der Waals surface area (Å²) < 4.78 is 0.